The molecule has 3 fully saturated rings. The van der Waals surface area contributed by atoms with Crippen molar-refractivity contribution in [3.63, 3.8) is 0 Å². The van der Waals surface area contributed by atoms with E-state index >= 15 is 0 Å². The van der Waals surface area contributed by atoms with Crippen LogP contribution in [0, 0.1) is 6.92 Å². The predicted molar refractivity (Wildman–Crippen MR) is 177 cm³/mol. The number of hydrogen-bond donors (Lipinski definition) is 3. The van der Waals surface area contributed by atoms with E-state index in [-0.39, 0.29) is 18.1 Å². The largest absolute Gasteiger partial charge is 0.478 e. The summed E-state index contributed by atoms with van der Waals surface area (Å²) in [4.78, 5) is 33.7. The summed E-state index contributed by atoms with van der Waals surface area (Å²) in [6.45, 7) is 12.0. The summed E-state index contributed by atoms with van der Waals surface area (Å²) in [6, 6.07) is 16.3. The molecule has 0 aliphatic carbocycles. The van der Waals surface area contributed by atoms with Crippen LogP contribution in [0.15, 0.2) is 77.1 Å². The molecule has 0 aromatic heterocycles. The number of carboxylic acid groups (broad SMARTS) is 1. The van der Waals surface area contributed by atoms with Crippen molar-refractivity contribution in [1.29, 1.82) is 0 Å². The Morgan fingerprint density at radius 1 is 1.07 bits per heavy atom. The van der Waals surface area contributed by atoms with Crippen LogP contribution in [0.1, 0.15) is 84.5 Å². The van der Waals surface area contributed by atoms with Gasteiger partial charge in [-0.15, -0.1) is 0 Å². The number of carbonyl (C=O) groups is 2. The van der Waals surface area contributed by atoms with Crippen molar-refractivity contribution in [3.05, 3.63) is 94.3 Å². The minimum absolute atomic E-state index is 0.0529. The lowest BCUT2D eigenvalue weighted by Crippen LogP contribution is -2.46. The van der Waals surface area contributed by atoms with Gasteiger partial charge < -0.3 is 25.8 Å². The number of aromatic carboxylic acids is 1. The molecule has 0 saturated carbocycles. The zero-order chi connectivity index (χ0) is 31.9. The van der Waals surface area contributed by atoms with E-state index in [1.165, 1.54) is 17.5 Å². The first-order valence-electron chi connectivity index (χ1n) is 16.2. The van der Waals surface area contributed by atoms with Gasteiger partial charge in [-0.2, -0.15) is 0 Å². The SMILES string of the molecule is C=C(NC[C@H]1CCC[C@@H](c2ccc(C)cc2)O1)/C(C)=C(\N=C/N)C(=O)N1CCC(N2CCC(c3cccc(C(=O)O)c3)C2)CC1. The highest BCUT2D eigenvalue weighted by Crippen LogP contribution is 2.33. The number of hydrogen-bond acceptors (Lipinski definition) is 6. The van der Waals surface area contributed by atoms with Gasteiger partial charge in [0.2, 0.25) is 0 Å². The second kappa shape index (κ2) is 14.9. The van der Waals surface area contributed by atoms with Crippen molar-refractivity contribution >= 4 is 18.2 Å². The minimum Gasteiger partial charge on any atom is -0.478 e. The molecule has 1 amide bonds. The summed E-state index contributed by atoms with van der Waals surface area (Å²) in [5, 5.41) is 12.8. The molecule has 9 heteroatoms. The molecule has 2 aromatic carbocycles. The Hall–Kier alpha value is -3.95. The summed E-state index contributed by atoms with van der Waals surface area (Å²) >= 11 is 0. The first-order chi connectivity index (χ1) is 21.7. The third kappa shape index (κ3) is 8.02. The minimum atomic E-state index is -0.893. The Balaban J connectivity index is 1.13. The van der Waals surface area contributed by atoms with Crippen LogP contribution in [0.2, 0.25) is 0 Å². The maximum Gasteiger partial charge on any atom is 0.335 e. The number of nitrogens with two attached hydrogens (primary N) is 1. The maximum atomic E-state index is 13.7. The molecule has 3 heterocycles. The van der Waals surface area contributed by atoms with Crippen LogP contribution >= 0.6 is 0 Å². The second-order valence-electron chi connectivity index (χ2n) is 12.6. The maximum absolute atomic E-state index is 13.7. The highest BCUT2D eigenvalue weighted by molar-refractivity contribution is 5.95. The predicted octanol–water partition coefficient (Wildman–Crippen LogP) is 5.15. The van der Waals surface area contributed by atoms with Crippen LogP contribution in [0.3, 0.4) is 0 Å². The van der Waals surface area contributed by atoms with Crippen LogP contribution in [0.25, 0.3) is 0 Å². The number of nitrogens with one attached hydrogen (secondary N) is 1. The summed E-state index contributed by atoms with van der Waals surface area (Å²) < 4.78 is 6.42. The van der Waals surface area contributed by atoms with Crippen LogP contribution in [-0.2, 0) is 9.53 Å². The zero-order valence-electron chi connectivity index (χ0n) is 26.6. The van der Waals surface area contributed by atoms with Crippen molar-refractivity contribution in [1.82, 2.24) is 15.1 Å². The topological polar surface area (TPSA) is 120 Å². The molecule has 45 heavy (non-hydrogen) atoms. The summed E-state index contributed by atoms with van der Waals surface area (Å²) in [5.74, 6) is -0.698. The van der Waals surface area contributed by atoms with Gasteiger partial charge in [0, 0.05) is 43.5 Å². The van der Waals surface area contributed by atoms with E-state index in [9.17, 15) is 14.7 Å². The first kappa shape index (κ1) is 32.4. The molecule has 3 saturated heterocycles. The third-order valence-electron chi connectivity index (χ3n) is 9.65. The number of nitrogens with zero attached hydrogens (tertiary/aromatic N) is 3. The fourth-order valence-corrected chi connectivity index (χ4v) is 6.88. The number of aliphatic imine (C=N–C) groups is 1. The fraction of sp³-hybridized carbons (Fsp3) is 0.472. The third-order valence-corrected chi connectivity index (χ3v) is 9.65. The molecule has 5 rings (SSSR count). The quantitative estimate of drug-likeness (QED) is 0.147. The monoisotopic (exact) mass is 613 g/mol. The van der Waals surface area contributed by atoms with Gasteiger partial charge in [-0.1, -0.05) is 48.5 Å². The van der Waals surface area contributed by atoms with Crippen LogP contribution in [0.5, 0.6) is 0 Å². The van der Waals surface area contributed by atoms with Crippen molar-refractivity contribution < 1.29 is 19.4 Å². The number of likely N-dealkylation sites (tertiary alicyclic amines) is 2. The van der Waals surface area contributed by atoms with Crippen molar-refractivity contribution in [2.45, 2.75) is 76.5 Å². The number of amides is 1. The van der Waals surface area contributed by atoms with Crippen molar-refractivity contribution in [3.8, 4) is 0 Å². The molecule has 240 valence electrons. The average molecular weight is 614 g/mol. The van der Waals surface area contributed by atoms with Gasteiger partial charge in [0.05, 0.1) is 24.1 Å². The number of aryl methyl sites for hydroxylation is 1. The average Bonchev–Trinajstić information content (AvgIpc) is 3.57. The standard InChI is InChI=1S/C36H47N5O4/c1-24-10-12-27(13-11-24)33-9-5-8-32(45-33)21-38-26(3)25(2)34(39-23-37)35(42)40-18-15-31(16-19-40)41-17-14-30(22-41)28-6-4-7-29(20-28)36(43)44/h4,6-7,10-13,20,23,30-33,38H,3,5,8-9,14-19,21-22H2,1-2H3,(H2,37,39)(H,43,44)/b34-25-/t30?,32-,33+/m1/s1. The number of allylic oxidation sites excluding steroid dienone is 1. The molecule has 0 bridgehead atoms. The lowest BCUT2D eigenvalue weighted by molar-refractivity contribution is -0.128. The molecule has 3 atom stereocenters. The lowest BCUT2D eigenvalue weighted by Gasteiger charge is -2.37. The van der Waals surface area contributed by atoms with Gasteiger partial charge in [0.1, 0.15) is 5.70 Å². The molecule has 0 spiro atoms. The van der Waals surface area contributed by atoms with Gasteiger partial charge in [-0.3, -0.25) is 9.69 Å². The van der Waals surface area contributed by atoms with Crippen molar-refractivity contribution in [2.24, 2.45) is 10.7 Å². The summed E-state index contributed by atoms with van der Waals surface area (Å²) in [7, 11) is 0. The summed E-state index contributed by atoms with van der Waals surface area (Å²) in [5.41, 5.74) is 11.2. The molecular formula is C36H47N5O4. The molecule has 0 radical (unpaired) electrons. The van der Waals surface area contributed by atoms with Crippen LogP contribution < -0.4 is 11.1 Å². The molecule has 9 nitrogen and oxygen atoms in total. The van der Waals surface area contributed by atoms with Gasteiger partial charge >= 0.3 is 5.97 Å². The Morgan fingerprint density at radius 2 is 1.82 bits per heavy atom. The Labute approximate surface area is 266 Å². The number of carbonyl (C=O) groups excluding carboxylic acids is 1. The van der Waals surface area contributed by atoms with Crippen LogP contribution in [0.4, 0.5) is 0 Å². The van der Waals surface area contributed by atoms with Gasteiger partial charge in [0.15, 0.2) is 0 Å². The van der Waals surface area contributed by atoms with E-state index in [4.69, 9.17) is 10.5 Å². The molecule has 3 aliphatic heterocycles. The lowest BCUT2D eigenvalue weighted by atomic mass is 9.96. The van der Waals surface area contributed by atoms with E-state index in [1.54, 1.807) is 12.1 Å². The zero-order valence-corrected chi connectivity index (χ0v) is 26.6. The van der Waals surface area contributed by atoms with E-state index in [2.05, 4.69) is 53.0 Å². The first-order valence-corrected chi connectivity index (χ1v) is 16.2. The Morgan fingerprint density at radius 3 is 2.53 bits per heavy atom. The normalized spacial score (nSPS) is 23.6. The Kier molecular flexibility index (Phi) is 10.7. The van der Waals surface area contributed by atoms with Crippen LogP contribution in [-0.4, -0.2) is 78.0 Å². The van der Waals surface area contributed by atoms with E-state index in [0.29, 0.717) is 54.1 Å². The molecule has 3 aliphatic rings. The number of ether oxygens (including phenoxy) is 1. The fourth-order valence-electron chi connectivity index (χ4n) is 6.88. The number of benzene rings is 2. The van der Waals surface area contributed by atoms with E-state index in [1.807, 2.05) is 24.0 Å². The molecule has 2 aromatic rings. The van der Waals surface area contributed by atoms with Gasteiger partial charge in [-0.25, -0.2) is 9.79 Å². The van der Waals surface area contributed by atoms with Crippen molar-refractivity contribution in [2.75, 3.05) is 32.7 Å². The number of rotatable bonds is 10. The van der Waals surface area contributed by atoms with E-state index < -0.39 is 5.97 Å². The van der Waals surface area contributed by atoms with E-state index in [0.717, 1.165) is 57.2 Å². The Bertz CT molecular complexity index is 1430. The number of carboxylic acids is 1. The molecule has 1 unspecified atom stereocenters. The van der Waals surface area contributed by atoms with Gasteiger partial charge in [-0.05, 0) is 88.1 Å². The second-order valence-corrected chi connectivity index (χ2v) is 12.6. The number of piperidine rings is 1. The highest BCUT2D eigenvalue weighted by Gasteiger charge is 2.33. The highest BCUT2D eigenvalue weighted by atomic mass is 16.5. The molecule has 4 N–H and O–H groups in total. The smallest absolute Gasteiger partial charge is 0.335 e. The molecular weight excluding hydrogens is 566 g/mol. The van der Waals surface area contributed by atoms with Gasteiger partial charge in [0.25, 0.3) is 5.91 Å². The summed E-state index contributed by atoms with van der Waals surface area (Å²) in [6.07, 6.45) is 7.17.